The number of ether oxygens (including phenoxy) is 2. The van der Waals surface area contributed by atoms with Crippen molar-refractivity contribution < 1.29 is 19.1 Å². The maximum Gasteiger partial charge on any atom is 0.341 e. The molecule has 0 aliphatic heterocycles. The molecule has 0 saturated heterocycles. The molecule has 0 spiro atoms. The Kier molecular flexibility index (Phi) is 15.0. The lowest BCUT2D eigenvalue weighted by Gasteiger charge is -2.42. The van der Waals surface area contributed by atoms with Gasteiger partial charge in [0.25, 0.3) is 0 Å². The van der Waals surface area contributed by atoms with Gasteiger partial charge in [-0.25, -0.2) is 29.5 Å². The van der Waals surface area contributed by atoms with E-state index in [2.05, 4.69) is 32.1 Å². The number of nitrogens with zero attached hydrogens (tertiary/aromatic N) is 4. The van der Waals surface area contributed by atoms with Crippen molar-refractivity contribution in [3.05, 3.63) is 117 Å². The van der Waals surface area contributed by atoms with Crippen molar-refractivity contribution in [3.8, 4) is 0 Å². The summed E-state index contributed by atoms with van der Waals surface area (Å²) in [7, 11) is 0. The predicted molar refractivity (Wildman–Crippen MR) is 190 cm³/mol. The summed E-state index contributed by atoms with van der Waals surface area (Å²) < 4.78 is 9.66. The molecule has 2 N–H and O–H groups in total. The first-order valence-electron chi connectivity index (χ1n) is 15.5. The molecular weight excluding hydrogens is 696 g/mol. The molecule has 0 amide bonds. The van der Waals surface area contributed by atoms with Gasteiger partial charge in [-0.1, -0.05) is 53.9 Å². The molecule has 4 aromatic rings. The molecule has 2 aliphatic rings. The largest absolute Gasteiger partial charge is 0.462 e. The van der Waals surface area contributed by atoms with Gasteiger partial charge < -0.3 is 15.2 Å². The second kappa shape index (κ2) is 18.4. The van der Waals surface area contributed by atoms with Crippen LogP contribution in [0.15, 0.2) is 73.3 Å². The van der Waals surface area contributed by atoms with E-state index in [1.54, 1.807) is 26.2 Å². The van der Waals surface area contributed by atoms with E-state index in [9.17, 15) is 9.59 Å². The van der Waals surface area contributed by atoms with Crippen LogP contribution >= 0.6 is 47.2 Å². The molecule has 6 rings (SSSR count). The first-order chi connectivity index (χ1) is 22.6. The van der Waals surface area contributed by atoms with E-state index in [-0.39, 0.29) is 34.6 Å². The Morgan fingerprint density at radius 2 is 1.19 bits per heavy atom. The molecule has 0 atom stereocenters. The summed E-state index contributed by atoms with van der Waals surface area (Å²) in [6.45, 7) is 4.19. The molecule has 2 aromatic heterocycles. The van der Waals surface area contributed by atoms with Crippen molar-refractivity contribution in [2.24, 2.45) is 5.73 Å². The lowest BCUT2D eigenvalue weighted by atomic mass is 9.62. The van der Waals surface area contributed by atoms with Crippen LogP contribution in [0, 0.1) is 0 Å². The minimum absolute atomic E-state index is 0. The first-order valence-corrected chi connectivity index (χ1v) is 16.6. The molecule has 13 heteroatoms. The third kappa shape index (κ3) is 10.6. The van der Waals surface area contributed by atoms with Crippen LogP contribution in [0.1, 0.15) is 90.0 Å². The van der Waals surface area contributed by atoms with Gasteiger partial charge in [-0.05, 0) is 92.9 Å². The average molecular weight is 736 g/mol. The van der Waals surface area contributed by atoms with Crippen LogP contribution in [-0.4, -0.2) is 45.1 Å². The van der Waals surface area contributed by atoms with Crippen molar-refractivity contribution in [3.63, 3.8) is 0 Å². The second-order valence-electron chi connectivity index (χ2n) is 11.4. The zero-order chi connectivity index (χ0) is 33.9. The third-order valence-corrected chi connectivity index (χ3v) is 8.90. The van der Waals surface area contributed by atoms with E-state index in [1.807, 2.05) is 36.4 Å². The first kappa shape index (κ1) is 39.1. The molecule has 2 saturated carbocycles. The van der Waals surface area contributed by atoms with E-state index >= 15 is 0 Å². The number of hydrogen-bond donors (Lipinski definition) is 1. The van der Waals surface area contributed by atoms with Crippen LogP contribution in [0.4, 0.5) is 0 Å². The monoisotopic (exact) mass is 733 g/mol. The number of benzene rings is 2. The van der Waals surface area contributed by atoms with Gasteiger partial charge in [-0.2, -0.15) is 0 Å². The summed E-state index contributed by atoms with van der Waals surface area (Å²) in [4.78, 5) is 38.6. The number of halogens is 4. The topological polar surface area (TPSA) is 130 Å². The highest BCUT2D eigenvalue weighted by Crippen LogP contribution is 2.46. The molecule has 256 valence electrons. The van der Waals surface area contributed by atoms with Crippen LogP contribution in [0.25, 0.3) is 0 Å². The van der Waals surface area contributed by atoms with Crippen molar-refractivity contribution >= 4 is 59.1 Å². The van der Waals surface area contributed by atoms with Gasteiger partial charge in [0.1, 0.15) is 5.82 Å². The van der Waals surface area contributed by atoms with Crippen LogP contribution < -0.4 is 5.73 Å². The molecule has 2 heterocycles. The minimum atomic E-state index is -0.436. The molecular formula is C35H39Cl4N5O4. The predicted octanol–water partition coefficient (Wildman–Crippen LogP) is 8.38. The smallest absolute Gasteiger partial charge is 0.341 e. The van der Waals surface area contributed by atoms with Crippen molar-refractivity contribution in [1.29, 1.82) is 0 Å². The van der Waals surface area contributed by atoms with E-state index in [0.717, 1.165) is 48.0 Å². The van der Waals surface area contributed by atoms with Gasteiger partial charge in [0.2, 0.25) is 5.28 Å². The maximum atomic E-state index is 11.7. The second-order valence-corrected chi connectivity index (χ2v) is 12.6. The Labute approximate surface area is 302 Å². The average Bonchev–Trinajstić information content (AvgIpc) is 3.03. The van der Waals surface area contributed by atoms with Gasteiger partial charge in [-0.3, -0.25) is 0 Å². The van der Waals surface area contributed by atoms with Crippen molar-refractivity contribution in [2.45, 2.75) is 69.7 Å². The molecule has 0 radical (unpaired) electrons. The van der Waals surface area contributed by atoms with Crippen molar-refractivity contribution in [2.75, 3.05) is 13.2 Å². The maximum absolute atomic E-state index is 11.7. The fourth-order valence-electron chi connectivity index (χ4n) is 5.33. The Balaban J connectivity index is 0.000000212. The third-order valence-electron chi connectivity index (χ3n) is 8.24. The minimum Gasteiger partial charge on any atom is -0.462 e. The summed E-state index contributed by atoms with van der Waals surface area (Å²) in [5, 5.41) is 1.65. The van der Waals surface area contributed by atoms with E-state index in [4.69, 9.17) is 50.0 Å². The molecule has 0 unspecified atom stereocenters. The summed E-state index contributed by atoms with van der Waals surface area (Å²) in [5.74, 6) is -0.0702. The highest BCUT2D eigenvalue weighted by molar-refractivity contribution is 6.31. The van der Waals surface area contributed by atoms with Crippen LogP contribution in [-0.2, 0) is 26.8 Å². The van der Waals surface area contributed by atoms with Crippen molar-refractivity contribution in [1.82, 2.24) is 19.9 Å². The van der Waals surface area contributed by atoms with Crippen LogP contribution in [0.3, 0.4) is 0 Å². The quantitative estimate of drug-likeness (QED) is 0.140. The summed E-state index contributed by atoms with van der Waals surface area (Å²) in [5.41, 5.74) is 9.24. The summed E-state index contributed by atoms with van der Waals surface area (Å²) >= 11 is 17.4. The molecule has 2 aromatic carbocycles. The Hall–Kier alpha value is -3.34. The number of carbonyl (C=O) groups excluding carboxylic acids is 2. The van der Waals surface area contributed by atoms with Gasteiger partial charge >= 0.3 is 11.9 Å². The SMILES string of the molecule is CCOC(=O)c1cnc(CC2(c3cccc(Cl)c3)CCC2)nc1.CCOC(=O)c1cnc(Cl)nc1.Cl.NC1(c2cccc(Cl)c2)CCC1. The standard InChI is InChI=1S/C18H19ClN2O2.C10H12ClN.C7H7ClN2O2.ClH/c1-2-23-17(22)13-11-20-16(21-12-13)10-18(7-4-8-18)14-5-3-6-15(19)9-14;11-9-4-1-3-8(7-9)10(12)5-2-6-10;1-2-12-6(11)5-3-9-7(8)10-4-5;/h3,5-6,9,11-12H,2,4,7-8,10H2,1H3;1,3-4,7H,2,5-6,12H2;3-4H,2H2,1H3;1H. The summed E-state index contributed by atoms with van der Waals surface area (Å²) in [6, 6.07) is 15.9. The fraction of sp³-hybridized carbons (Fsp3) is 0.371. The van der Waals surface area contributed by atoms with Crippen LogP contribution in [0.2, 0.25) is 15.3 Å². The molecule has 48 heavy (non-hydrogen) atoms. The van der Waals surface area contributed by atoms with Gasteiger partial charge in [0, 0.05) is 52.2 Å². The van der Waals surface area contributed by atoms with E-state index < -0.39 is 5.97 Å². The summed E-state index contributed by atoms with van der Waals surface area (Å²) in [6.07, 6.45) is 13.3. The highest BCUT2D eigenvalue weighted by atomic mass is 35.5. The lowest BCUT2D eigenvalue weighted by Crippen LogP contribution is -2.43. The Bertz CT molecular complexity index is 1630. The Morgan fingerprint density at radius 3 is 1.60 bits per heavy atom. The molecule has 9 nitrogen and oxygen atoms in total. The highest BCUT2D eigenvalue weighted by Gasteiger charge is 2.39. The molecule has 2 fully saturated rings. The van der Waals surface area contributed by atoms with Gasteiger partial charge in [-0.15, -0.1) is 12.4 Å². The van der Waals surface area contributed by atoms with E-state index in [0.29, 0.717) is 24.3 Å². The zero-order valence-electron chi connectivity index (χ0n) is 26.8. The number of hydrogen-bond acceptors (Lipinski definition) is 9. The number of nitrogens with two attached hydrogens (primary N) is 1. The fourth-order valence-corrected chi connectivity index (χ4v) is 5.81. The molecule has 2 aliphatic carbocycles. The zero-order valence-corrected chi connectivity index (χ0v) is 29.9. The van der Waals surface area contributed by atoms with E-state index in [1.165, 1.54) is 36.4 Å². The number of aromatic nitrogens is 4. The molecule has 0 bridgehead atoms. The van der Waals surface area contributed by atoms with Crippen LogP contribution in [0.5, 0.6) is 0 Å². The van der Waals surface area contributed by atoms with Gasteiger partial charge in [0.15, 0.2) is 0 Å². The number of carbonyl (C=O) groups is 2. The lowest BCUT2D eigenvalue weighted by molar-refractivity contribution is 0.0515. The number of rotatable bonds is 8. The Morgan fingerprint density at radius 1 is 0.729 bits per heavy atom. The van der Waals surface area contributed by atoms with Gasteiger partial charge in [0.05, 0.1) is 24.3 Å². The normalized spacial score (nSPS) is 15.0. The number of esters is 2.